The first-order valence-corrected chi connectivity index (χ1v) is 13.2. The van der Waals surface area contributed by atoms with Crippen LogP contribution in [0.3, 0.4) is 0 Å². The van der Waals surface area contributed by atoms with Crippen molar-refractivity contribution in [1.82, 2.24) is 10.2 Å². The fourth-order valence-electron chi connectivity index (χ4n) is 2.74. The third kappa shape index (κ3) is 5.69. The molecule has 0 fully saturated rings. The van der Waals surface area contributed by atoms with Crippen molar-refractivity contribution in [2.75, 3.05) is 5.32 Å². The summed E-state index contributed by atoms with van der Waals surface area (Å²) in [6.07, 6.45) is 1.74. The van der Waals surface area contributed by atoms with Crippen molar-refractivity contribution in [2.45, 2.75) is 13.3 Å². The van der Waals surface area contributed by atoms with Crippen molar-refractivity contribution >= 4 is 97.2 Å². The smallest absolute Gasteiger partial charge is 0.256 e. The Bertz CT molecular complexity index is 1050. The molecule has 0 saturated carbocycles. The molecule has 0 aliphatic rings. The number of anilines is 2. The molecule has 0 atom stereocenters. The Balaban J connectivity index is 1.91. The highest BCUT2D eigenvalue weighted by Gasteiger charge is 2.18. The number of alkyl halides is 3. The van der Waals surface area contributed by atoms with Crippen molar-refractivity contribution in [3.8, 4) is 0 Å². The zero-order valence-electron chi connectivity index (χ0n) is 15.3. The van der Waals surface area contributed by atoms with Gasteiger partial charge in [0.1, 0.15) is 5.56 Å². The highest BCUT2D eigenvalue weighted by atomic mass is 127. The topological polar surface area (TPSA) is 96.2 Å². The predicted molar refractivity (Wildman–Crippen MR) is 144 cm³/mol. The van der Waals surface area contributed by atoms with Crippen LogP contribution in [-0.2, 0) is 13.3 Å². The standard InChI is InChI=1S/C20H18I3N5O/c21-8-12-2-1-3-16(7-12)26-20-17(18(24)29)19(27-28-20)25-11-14-5-4-13(9-22)6-15(14)10-23/h1-7,11H,8-10H2,(H2,24,29)(H2,26,27,28)/b25-11+. The number of rotatable bonds is 8. The van der Waals surface area contributed by atoms with Crippen LogP contribution < -0.4 is 11.1 Å². The average molecular weight is 725 g/mol. The van der Waals surface area contributed by atoms with Gasteiger partial charge >= 0.3 is 0 Å². The number of aliphatic imine (C=N–C) groups is 1. The number of hydrogen-bond donors (Lipinski definition) is 3. The van der Waals surface area contributed by atoms with Gasteiger partial charge in [-0.2, -0.15) is 5.10 Å². The molecule has 0 aliphatic carbocycles. The van der Waals surface area contributed by atoms with Crippen LogP contribution >= 0.6 is 67.8 Å². The van der Waals surface area contributed by atoms with Crippen LogP contribution in [-0.4, -0.2) is 22.3 Å². The van der Waals surface area contributed by atoms with Crippen LogP contribution in [0.5, 0.6) is 0 Å². The van der Waals surface area contributed by atoms with Gasteiger partial charge in [-0.1, -0.05) is 98.1 Å². The van der Waals surface area contributed by atoms with E-state index >= 15 is 0 Å². The van der Waals surface area contributed by atoms with Gasteiger partial charge in [-0.25, -0.2) is 4.99 Å². The summed E-state index contributed by atoms with van der Waals surface area (Å²) in [6.45, 7) is 0. The number of hydrogen-bond acceptors (Lipinski definition) is 4. The number of H-pyrrole nitrogens is 1. The lowest BCUT2D eigenvalue weighted by Gasteiger charge is -2.06. The molecule has 3 rings (SSSR count). The molecule has 0 aliphatic heterocycles. The van der Waals surface area contributed by atoms with Gasteiger partial charge in [-0.15, -0.1) is 0 Å². The molecule has 0 unspecified atom stereocenters. The molecule has 1 aromatic heterocycles. The molecule has 29 heavy (non-hydrogen) atoms. The minimum Gasteiger partial charge on any atom is -0.365 e. The third-order valence-electron chi connectivity index (χ3n) is 4.18. The summed E-state index contributed by atoms with van der Waals surface area (Å²) in [7, 11) is 0. The van der Waals surface area contributed by atoms with E-state index in [1.807, 2.05) is 30.3 Å². The molecule has 1 heterocycles. The van der Waals surface area contributed by atoms with Crippen LogP contribution in [0, 0.1) is 0 Å². The highest BCUT2D eigenvalue weighted by Crippen LogP contribution is 2.27. The lowest BCUT2D eigenvalue weighted by molar-refractivity contribution is 0.100. The van der Waals surface area contributed by atoms with Crippen molar-refractivity contribution in [1.29, 1.82) is 0 Å². The predicted octanol–water partition coefficient (Wildman–Crippen LogP) is 5.81. The molecule has 2 aromatic carbocycles. The fourth-order valence-corrected chi connectivity index (χ4v) is 4.35. The molecule has 0 radical (unpaired) electrons. The van der Waals surface area contributed by atoms with Crippen LogP contribution in [0.4, 0.5) is 17.3 Å². The number of amides is 1. The number of aromatic amines is 1. The lowest BCUT2D eigenvalue weighted by Crippen LogP contribution is -2.12. The van der Waals surface area contributed by atoms with E-state index in [-0.39, 0.29) is 5.56 Å². The van der Waals surface area contributed by atoms with Crippen LogP contribution in [0.2, 0.25) is 0 Å². The van der Waals surface area contributed by atoms with Gasteiger partial charge in [0.15, 0.2) is 11.6 Å². The number of nitrogens with one attached hydrogen (secondary N) is 2. The Morgan fingerprint density at radius 2 is 1.86 bits per heavy atom. The number of carbonyl (C=O) groups excluding carboxylic acids is 1. The molecule has 9 heteroatoms. The molecule has 0 saturated heterocycles. The van der Waals surface area contributed by atoms with Gasteiger partial charge in [0.25, 0.3) is 5.91 Å². The Morgan fingerprint density at radius 1 is 1.10 bits per heavy atom. The summed E-state index contributed by atoms with van der Waals surface area (Å²) in [5.41, 5.74) is 11.3. The molecule has 4 N–H and O–H groups in total. The number of aromatic nitrogens is 2. The minimum absolute atomic E-state index is 0.237. The molecule has 3 aromatic rings. The summed E-state index contributed by atoms with van der Waals surface area (Å²) in [5, 5.41) is 10.2. The van der Waals surface area contributed by atoms with Gasteiger partial charge in [0.05, 0.1) is 0 Å². The summed E-state index contributed by atoms with van der Waals surface area (Å²) < 4.78 is 2.72. The van der Waals surface area contributed by atoms with E-state index in [0.717, 1.165) is 24.5 Å². The lowest BCUT2D eigenvalue weighted by atomic mass is 10.1. The molecular weight excluding hydrogens is 707 g/mol. The first kappa shape index (κ1) is 22.5. The van der Waals surface area contributed by atoms with Crippen molar-refractivity contribution in [3.05, 3.63) is 70.3 Å². The van der Waals surface area contributed by atoms with E-state index in [4.69, 9.17) is 5.73 Å². The summed E-state index contributed by atoms with van der Waals surface area (Å²) in [5.74, 6) is 0.111. The van der Waals surface area contributed by atoms with Crippen LogP contribution in [0.25, 0.3) is 0 Å². The van der Waals surface area contributed by atoms with Gasteiger partial charge in [-0.3, -0.25) is 9.89 Å². The zero-order valence-corrected chi connectivity index (χ0v) is 21.7. The maximum atomic E-state index is 12.1. The number of benzene rings is 2. The largest absolute Gasteiger partial charge is 0.365 e. The number of halogens is 3. The second-order valence-electron chi connectivity index (χ2n) is 6.18. The number of primary amides is 1. The summed E-state index contributed by atoms with van der Waals surface area (Å²) >= 11 is 6.99. The van der Waals surface area contributed by atoms with E-state index in [2.05, 4.69) is 100 Å². The van der Waals surface area contributed by atoms with E-state index in [0.29, 0.717) is 11.6 Å². The third-order valence-corrected chi connectivity index (χ3v) is 6.76. The number of nitrogens with two attached hydrogens (primary N) is 1. The minimum atomic E-state index is -0.590. The Morgan fingerprint density at radius 3 is 2.55 bits per heavy atom. The van der Waals surface area contributed by atoms with Gasteiger partial charge in [0, 0.05) is 25.2 Å². The summed E-state index contributed by atoms with van der Waals surface area (Å²) in [4.78, 5) is 16.5. The summed E-state index contributed by atoms with van der Waals surface area (Å²) in [6, 6.07) is 14.2. The van der Waals surface area contributed by atoms with E-state index < -0.39 is 5.91 Å². The van der Waals surface area contributed by atoms with Crippen LogP contribution in [0.15, 0.2) is 47.5 Å². The Labute approximate surface area is 209 Å². The fraction of sp³-hybridized carbons (Fsp3) is 0.150. The maximum absolute atomic E-state index is 12.1. The SMILES string of the molecule is NC(=O)c1c(Nc2cccc(CI)c2)n[nH]c1/N=C/c1ccc(CI)cc1CI. The first-order valence-electron chi connectivity index (χ1n) is 8.63. The Kier molecular flexibility index (Phi) is 8.29. The monoisotopic (exact) mass is 725 g/mol. The van der Waals surface area contributed by atoms with E-state index in [1.165, 1.54) is 16.7 Å². The maximum Gasteiger partial charge on any atom is 0.256 e. The molecule has 0 spiro atoms. The molecule has 1 amide bonds. The van der Waals surface area contributed by atoms with E-state index in [1.54, 1.807) is 6.21 Å². The number of carbonyl (C=O) groups is 1. The second kappa shape index (κ2) is 10.7. The van der Waals surface area contributed by atoms with Gasteiger partial charge in [0.2, 0.25) is 0 Å². The van der Waals surface area contributed by atoms with Gasteiger partial charge in [-0.05, 0) is 34.4 Å². The normalized spacial score (nSPS) is 11.1. The van der Waals surface area contributed by atoms with E-state index in [9.17, 15) is 4.79 Å². The van der Waals surface area contributed by atoms with Gasteiger partial charge < -0.3 is 11.1 Å². The molecule has 150 valence electrons. The molecule has 6 nitrogen and oxygen atoms in total. The number of nitrogens with zero attached hydrogens (tertiary/aromatic N) is 2. The Hall–Kier alpha value is -1.22. The first-order chi connectivity index (χ1) is 14.0. The van der Waals surface area contributed by atoms with Crippen molar-refractivity contribution in [2.24, 2.45) is 10.7 Å². The zero-order chi connectivity index (χ0) is 20.8. The molecule has 0 bridgehead atoms. The quantitative estimate of drug-likeness (QED) is 0.156. The van der Waals surface area contributed by atoms with Crippen LogP contribution in [0.1, 0.15) is 32.6 Å². The second-order valence-corrected chi connectivity index (χ2v) is 8.47. The average Bonchev–Trinajstić information content (AvgIpc) is 3.14. The van der Waals surface area contributed by atoms with Crippen molar-refractivity contribution < 1.29 is 4.79 Å². The highest BCUT2D eigenvalue weighted by molar-refractivity contribution is 14.1. The molecular formula is C20H18I3N5O. The van der Waals surface area contributed by atoms with Crippen molar-refractivity contribution in [3.63, 3.8) is 0 Å².